The number of carbonyl (C=O) groups excluding carboxylic acids is 2. The van der Waals surface area contributed by atoms with Crippen molar-refractivity contribution < 1.29 is 18.0 Å². The van der Waals surface area contributed by atoms with Gasteiger partial charge in [-0.25, -0.2) is 8.42 Å². The minimum Gasteiger partial charge on any atom is -0.345 e. The van der Waals surface area contributed by atoms with Crippen molar-refractivity contribution in [3.63, 3.8) is 0 Å². The molecule has 1 aliphatic rings. The highest BCUT2D eigenvalue weighted by Gasteiger charge is 2.30. The fourth-order valence-corrected chi connectivity index (χ4v) is 5.70. The van der Waals surface area contributed by atoms with Crippen LogP contribution in [0, 0.1) is 5.92 Å². The molecule has 1 atom stereocenters. The van der Waals surface area contributed by atoms with Crippen molar-refractivity contribution in [1.29, 1.82) is 0 Å². The van der Waals surface area contributed by atoms with Gasteiger partial charge in [-0.05, 0) is 41.7 Å². The van der Waals surface area contributed by atoms with E-state index in [9.17, 15) is 18.0 Å². The third kappa shape index (κ3) is 6.04. The Labute approximate surface area is 203 Å². The largest absolute Gasteiger partial charge is 0.345 e. The van der Waals surface area contributed by atoms with Crippen LogP contribution in [0.15, 0.2) is 53.4 Å². The Morgan fingerprint density at radius 2 is 1.65 bits per heavy atom. The Balaban J connectivity index is 1.76. The molecular weight excluding hydrogens is 450 g/mol. The molecule has 3 rings (SSSR count). The Hall–Kier alpha value is -2.71. The van der Waals surface area contributed by atoms with Gasteiger partial charge in [-0.1, -0.05) is 57.5 Å². The minimum atomic E-state index is -3.76. The number of sulfonamides is 1. The van der Waals surface area contributed by atoms with Gasteiger partial charge in [0, 0.05) is 38.7 Å². The van der Waals surface area contributed by atoms with Gasteiger partial charge < -0.3 is 10.2 Å². The number of rotatable bonds is 8. The molecule has 0 aromatic heterocycles. The number of benzene rings is 2. The molecule has 8 heteroatoms. The first-order valence-electron chi connectivity index (χ1n) is 11.9. The average Bonchev–Trinajstić information content (AvgIpc) is 2.83. The van der Waals surface area contributed by atoms with Crippen LogP contribution >= 0.6 is 0 Å². The molecule has 0 saturated carbocycles. The third-order valence-corrected chi connectivity index (χ3v) is 8.14. The van der Waals surface area contributed by atoms with Gasteiger partial charge in [0.05, 0.1) is 10.9 Å². The molecule has 0 radical (unpaired) electrons. The summed E-state index contributed by atoms with van der Waals surface area (Å²) in [6.45, 7) is 8.92. The van der Waals surface area contributed by atoms with Gasteiger partial charge in [0.25, 0.3) is 5.91 Å². The number of aryl methyl sites for hydroxylation is 1. The molecule has 0 bridgehead atoms. The first kappa shape index (κ1) is 25.9. The van der Waals surface area contributed by atoms with Crippen molar-refractivity contribution in [3.05, 3.63) is 65.2 Å². The number of amides is 2. The molecule has 2 aromatic carbocycles. The van der Waals surface area contributed by atoms with Crippen molar-refractivity contribution in [3.8, 4) is 0 Å². The highest BCUT2D eigenvalue weighted by Crippen LogP contribution is 2.24. The van der Waals surface area contributed by atoms with Crippen LogP contribution in [-0.4, -0.2) is 55.6 Å². The molecule has 1 heterocycles. The van der Waals surface area contributed by atoms with Crippen LogP contribution in [0.3, 0.4) is 0 Å². The predicted octanol–water partition coefficient (Wildman–Crippen LogP) is 3.62. The van der Waals surface area contributed by atoms with E-state index in [0.29, 0.717) is 18.7 Å². The van der Waals surface area contributed by atoms with Crippen molar-refractivity contribution in [2.24, 2.45) is 5.92 Å². The predicted molar refractivity (Wildman–Crippen MR) is 133 cm³/mol. The van der Waals surface area contributed by atoms with Gasteiger partial charge in [-0.2, -0.15) is 4.31 Å². The fourth-order valence-electron chi connectivity index (χ4n) is 4.23. The lowest BCUT2D eigenvalue weighted by atomic mass is 9.94. The lowest BCUT2D eigenvalue weighted by molar-refractivity contribution is -0.129. The molecule has 2 aromatic rings. The highest BCUT2D eigenvalue weighted by atomic mass is 32.2. The Kier molecular flexibility index (Phi) is 8.49. The summed E-state index contributed by atoms with van der Waals surface area (Å²) in [7, 11) is -3.76. The van der Waals surface area contributed by atoms with E-state index in [0.717, 1.165) is 18.4 Å². The lowest BCUT2D eigenvalue weighted by Gasteiger charge is -2.33. The van der Waals surface area contributed by atoms with Gasteiger partial charge in [-0.15, -0.1) is 0 Å². The molecule has 7 nitrogen and oxygen atoms in total. The fraction of sp³-hybridized carbons (Fsp3) is 0.462. The summed E-state index contributed by atoms with van der Waals surface area (Å²) >= 11 is 0. The Morgan fingerprint density at radius 3 is 2.21 bits per heavy atom. The van der Waals surface area contributed by atoms with E-state index in [1.54, 1.807) is 17.0 Å². The van der Waals surface area contributed by atoms with Gasteiger partial charge in [0.2, 0.25) is 15.9 Å². The van der Waals surface area contributed by atoms with E-state index in [1.807, 2.05) is 13.8 Å². The van der Waals surface area contributed by atoms with Crippen LogP contribution in [0.2, 0.25) is 0 Å². The van der Waals surface area contributed by atoms with Gasteiger partial charge in [-0.3, -0.25) is 9.59 Å². The number of nitrogens with zero attached hydrogens (tertiary/aromatic N) is 2. The first-order valence-corrected chi connectivity index (χ1v) is 13.3. The van der Waals surface area contributed by atoms with Crippen molar-refractivity contribution in [1.82, 2.24) is 14.5 Å². The molecule has 34 heavy (non-hydrogen) atoms. The number of hydrogen-bond donors (Lipinski definition) is 1. The van der Waals surface area contributed by atoms with Crippen molar-refractivity contribution >= 4 is 21.8 Å². The number of hydrogen-bond acceptors (Lipinski definition) is 4. The summed E-state index contributed by atoms with van der Waals surface area (Å²) in [5.41, 5.74) is 2.59. The topological polar surface area (TPSA) is 86.8 Å². The van der Waals surface area contributed by atoms with Crippen LogP contribution in [0.5, 0.6) is 0 Å². The van der Waals surface area contributed by atoms with Crippen LogP contribution in [-0.2, 0) is 21.2 Å². The van der Waals surface area contributed by atoms with E-state index < -0.39 is 10.0 Å². The van der Waals surface area contributed by atoms with E-state index in [-0.39, 0.29) is 41.8 Å². The summed E-state index contributed by atoms with van der Waals surface area (Å²) in [6, 6.07) is 14.3. The summed E-state index contributed by atoms with van der Waals surface area (Å²) in [6.07, 6.45) is 2.10. The first-order chi connectivity index (χ1) is 16.1. The number of nitrogens with one attached hydrogen (secondary N) is 1. The SMILES string of the molecule is CCCc1ccc([C@@H](NC(=O)c2cccc(S(=O)(=O)N3CCN(C(C)=O)CC3)c2)C(C)C)cc1. The van der Waals surface area contributed by atoms with E-state index >= 15 is 0 Å². The van der Waals surface area contributed by atoms with Crippen molar-refractivity contribution in [2.75, 3.05) is 26.2 Å². The van der Waals surface area contributed by atoms with Crippen molar-refractivity contribution in [2.45, 2.75) is 51.5 Å². The van der Waals surface area contributed by atoms with Crippen LogP contribution in [0.25, 0.3) is 0 Å². The van der Waals surface area contributed by atoms with Gasteiger partial charge in [0.15, 0.2) is 0 Å². The maximum atomic E-state index is 13.2. The molecule has 184 valence electrons. The molecular formula is C26H35N3O4S. The monoisotopic (exact) mass is 485 g/mol. The summed E-state index contributed by atoms with van der Waals surface area (Å²) in [5.74, 6) is -0.212. The zero-order valence-electron chi connectivity index (χ0n) is 20.5. The second-order valence-corrected chi connectivity index (χ2v) is 11.1. The Morgan fingerprint density at radius 1 is 1.00 bits per heavy atom. The second-order valence-electron chi connectivity index (χ2n) is 9.12. The summed E-state index contributed by atoms with van der Waals surface area (Å²) in [5, 5.41) is 3.09. The maximum Gasteiger partial charge on any atom is 0.251 e. The number of carbonyl (C=O) groups is 2. The Bertz CT molecular complexity index is 1110. The van der Waals surface area contributed by atoms with E-state index in [2.05, 4.69) is 36.5 Å². The summed E-state index contributed by atoms with van der Waals surface area (Å²) < 4.78 is 27.7. The molecule has 1 aliphatic heterocycles. The smallest absolute Gasteiger partial charge is 0.251 e. The molecule has 2 amide bonds. The zero-order valence-corrected chi connectivity index (χ0v) is 21.3. The zero-order chi connectivity index (χ0) is 24.9. The normalized spacial score (nSPS) is 15.9. The third-order valence-electron chi connectivity index (χ3n) is 6.25. The molecule has 0 aliphatic carbocycles. The van der Waals surface area contributed by atoms with Crippen LogP contribution in [0.1, 0.15) is 61.6 Å². The quantitative estimate of drug-likeness (QED) is 0.619. The minimum absolute atomic E-state index is 0.0598. The van der Waals surface area contributed by atoms with E-state index in [1.165, 1.54) is 28.9 Å². The molecule has 1 N–H and O–H groups in total. The second kappa shape index (κ2) is 11.1. The lowest BCUT2D eigenvalue weighted by Crippen LogP contribution is -2.49. The van der Waals surface area contributed by atoms with E-state index in [4.69, 9.17) is 0 Å². The molecule has 1 fully saturated rings. The standard InChI is InChI=1S/C26H35N3O4S/c1-5-7-21-10-12-22(13-11-21)25(19(2)3)27-26(31)23-8-6-9-24(18-23)34(32,33)29-16-14-28(15-17-29)20(4)30/h6,8-13,18-19,25H,5,7,14-17H2,1-4H3,(H,27,31)/t25-/m0/s1. The highest BCUT2D eigenvalue weighted by molar-refractivity contribution is 7.89. The van der Waals surface area contributed by atoms with Gasteiger partial charge >= 0.3 is 0 Å². The number of piperazine rings is 1. The molecule has 1 saturated heterocycles. The molecule has 0 spiro atoms. The molecule has 0 unspecified atom stereocenters. The summed E-state index contributed by atoms with van der Waals surface area (Å²) in [4.78, 5) is 26.4. The van der Waals surface area contributed by atoms with Crippen LogP contribution < -0.4 is 5.32 Å². The van der Waals surface area contributed by atoms with Crippen LogP contribution in [0.4, 0.5) is 0 Å². The average molecular weight is 486 g/mol. The van der Waals surface area contributed by atoms with Gasteiger partial charge in [0.1, 0.15) is 0 Å². The maximum absolute atomic E-state index is 13.2.